The maximum Gasteiger partial charge on any atom is 0.438 e. The van der Waals surface area contributed by atoms with Gasteiger partial charge in [0.1, 0.15) is 22.9 Å². The van der Waals surface area contributed by atoms with Gasteiger partial charge in [0.15, 0.2) is 5.82 Å². The van der Waals surface area contributed by atoms with Gasteiger partial charge in [0.2, 0.25) is 5.91 Å². The molecule has 2 saturated heterocycles. The Labute approximate surface area is 414 Å². The number of anilines is 1. The lowest BCUT2D eigenvalue weighted by Gasteiger charge is -2.41. The van der Waals surface area contributed by atoms with E-state index in [1.807, 2.05) is 11.0 Å². The third kappa shape index (κ3) is 7.37. The van der Waals surface area contributed by atoms with E-state index in [2.05, 4.69) is 53.7 Å². The summed E-state index contributed by atoms with van der Waals surface area (Å²) in [6.07, 6.45) is 11.0. The molecule has 3 aliphatic heterocycles. The molecule has 7 aromatic rings. The van der Waals surface area contributed by atoms with E-state index in [9.17, 15) is 9.59 Å². The number of carbonyl (C=O) groups excluding carboxylic acids is 2. The van der Waals surface area contributed by atoms with Gasteiger partial charge in [-0.25, -0.2) is 18.7 Å². The number of H-pyrrole nitrogens is 1. The van der Waals surface area contributed by atoms with E-state index in [0.29, 0.717) is 76.4 Å². The molecule has 0 spiro atoms. The average molecular weight is 983 g/mol. The summed E-state index contributed by atoms with van der Waals surface area (Å²) in [7, 11) is 1.72. The predicted molar refractivity (Wildman–Crippen MR) is 266 cm³/mol. The van der Waals surface area contributed by atoms with Gasteiger partial charge in [-0.1, -0.05) is 42.6 Å². The summed E-state index contributed by atoms with van der Waals surface area (Å²) in [5.74, 6) is 0.00215. The molecule has 3 aromatic carbocycles. The van der Waals surface area contributed by atoms with Crippen molar-refractivity contribution in [2.24, 2.45) is 11.8 Å². The molecule has 2 saturated carbocycles. The second kappa shape index (κ2) is 16.5. The van der Waals surface area contributed by atoms with Crippen LogP contribution in [0, 0.1) is 31.5 Å². The van der Waals surface area contributed by atoms with Crippen molar-refractivity contribution >= 4 is 40.0 Å². The standard InChI is InChI=1S/C54H57ClFN9O6/c1-29-21-38(22-30(2)46(29)56)65-47(62-19-18-61(52(62)69)36-14-16-42(39(55)25-36)60(6)48(66)32-11-12-32)45-40(58-65)26-37-9-7-8-10-43(45)63(37)49(67)44-24-35-23-33(34-17-20-70-53(4,5)28-34)13-15-41(35)64(44)54(27-31(54)3)50-57-51(68)71-59-50/h13-16,18-19,21-25,31-32,34,37,43H,7-12,17,20,26-28H2,1-6H3,(H,57,59,68)/t31-,34-,37+,43-,54-/m0/s1. The lowest BCUT2D eigenvalue weighted by Crippen LogP contribution is -2.47. The Morgan fingerprint density at radius 1 is 0.915 bits per heavy atom. The first-order valence-corrected chi connectivity index (χ1v) is 25.4. The van der Waals surface area contributed by atoms with Crippen molar-refractivity contribution in [2.45, 2.75) is 128 Å². The number of rotatable bonds is 9. The number of fused-ring (bicyclic) bond motifs is 5. The number of carbonyl (C=O) groups is 2. The van der Waals surface area contributed by atoms with Crippen LogP contribution >= 0.6 is 11.6 Å². The summed E-state index contributed by atoms with van der Waals surface area (Å²) in [5, 5.41) is 10.8. The highest BCUT2D eigenvalue weighted by Gasteiger charge is 2.59. The van der Waals surface area contributed by atoms with Gasteiger partial charge in [-0.05, 0) is 150 Å². The molecule has 71 heavy (non-hydrogen) atoms. The number of nitrogens with zero attached hydrogens (tertiary/aromatic N) is 8. The largest absolute Gasteiger partial charge is 0.438 e. The number of hydrogen-bond donors (Lipinski definition) is 1. The van der Waals surface area contributed by atoms with Gasteiger partial charge in [0.25, 0.3) is 5.91 Å². The Morgan fingerprint density at radius 2 is 1.66 bits per heavy atom. The van der Waals surface area contributed by atoms with Crippen LogP contribution in [0.1, 0.15) is 135 Å². The van der Waals surface area contributed by atoms with E-state index in [1.165, 1.54) is 10.1 Å². The van der Waals surface area contributed by atoms with Crippen LogP contribution in [0.25, 0.3) is 28.1 Å². The number of aromatic amines is 1. The number of nitrogens with one attached hydrogen (secondary N) is 1. The normalized spacial score (nSPS) is 23.7. The number of aromatic nitrogens is 7. The number of halogens is 2. The molecular formula is C54H57ClFN9O6. The van der Waals surface area contributed by atoms with Crippen molar-refractivity contribution in [1.82, 2.24) is 38.5 Å². The molecule has 0 unspecified atom stereocenters. The number of amides is 2. The van der Waals surface area contributed by atoms with Gasteiger partial charge in [-0.15, -0.1) is 0 Å². The number of ether oxygens (including phenoxy) is 1. The van der Waals surface area contributed by atoms with Crippen LogP contribution in [0.5, 0.6) is 0 Å². The summed E-state index contributed by atoms with van der Waals surface area (Å²) < 4.78 is 33.5. The third-order valence-corrected chi connectivity index (χ3v) is 16.5. The van der Waals surface area contributed by atoms with Crippen molar-refractivity contribution in [3.8, 4) is 17.2 Å². The molecule has 1 N–H and O–H groups in total. The van der Waals surface area contributed by atoms with E-state index in [1.54, 1.807) is 77.8 Å². The zero-order valence-corrected chi connectivity index (χ0v) is 41.6. The van der Waals surface area contributed by atoms with Gasteiger partial charge < -0.3 is 19.1 Å². The number of imidazole rings is 1. The second-order valence-corrected chi connectivity index (χ2v) is 21.8. The Morgan fingerprint density at radius 3 is 2.35 bits per heavy atom. The zero-order valence-electron chi connectivity index (χ0n) is 40.8. The second-order valence-electron chi connectivity index (χ2n) is 21.4. The summed E-state index contributed by atoms with van der Waals surface area (Å²) in [4.78, 5) is 63.2. The minimum atomic E-state index is -0.846. The maximum atomic E-state index is 16.1. The van der Waals surface area contributed by atoms with Crippen LogP contribution in [0.4, 0.5) is 10.1 Å². The van der Waals surface area contributed by atoms with Crippen LogP contribution in [0.3, 0.4) is 0 Å². The highest BCUT2D eigenvalue weighted by Crippen LogP contribution is 2.56. The van der Waals surface area contributed by atoms with E-state index in [4.69, 9.17) is 26.0 Å². The molecule has 368 valence electrons. The summed E-state index contributed by atoms with van der Waals surface area (Å²) in [5.41, 5.74) is 5.05. The van der Waals surface area contributed by atoms with Gasteiger partial charge in [0, 0.05) is 60.9 Å². The van der Waals surface area contributed by atoms with E-state index >= 15 is 14.0 Å². The first kappa shape index (κ1) is 45.6. The minimum Gasteiger partial charge on any atom is -0.376 e. The van der Waals surface area contributed by atoms with Crippen LogP contribution in [0.15, 0.2) is 81.1 Å². The molecule has 4 fully saturated rings. The smallest absolute Gasteiger partial charge is 0.376 e. The fraction of sp³-hybridized carbons (Fsp3) is 0.444. The van der Waals surface area contributed by atoms with Gasteiger partial charge in [-0.3, -0.25) is 28.2 Å². The molecule has 2 aliphatic carbocycles. The summed E-state index contributed by atoms with van der Waals surface area (Å²) in [6.45, 7) is 10.4. The first-order chi connectivity index (χ1) is 34.0. The van der Waals surface area contributed by atoms with Crippen molar-refractivity contribution in [1.29, 1.82) is 0 Å². The summed E-state index contributed by atoms with van der Waals surface area (Å²) in [6, 6.07) is 16.5. The lowest BCUT2D eigenvalue weighted by molar-refractivity contribution is -0.119. The molecule has 17 heteroatoms. The van der Waals surface area contributed by atoms with Crippen molar-refractivity contribution in [3.63, 3.8) is 0 Å². The van der Waals surface area contributed by atoms with Crippen LogP contribution < -0.4 is 16.3 Å². The number of aryl methyl sites for hydroxylation is 2. The van der Waals surface area contributed by atoms with Gasteiger partial charge >= 0.3 is 11.4 Å². The molecule has 5 aliphatic rings. The van der Waals surface area contributed by atoms with Crippen LogP contribution in [-0.2, 0) is 21.5 Å². The minimum absolute atomic E-state index is 0.00474. The topological polar surface area (TPSA) is 158 Å². The first-order valence-electron chi connectivity index (χ1n) is 25.0. The number of hydrogen-bond acceptors (Lipinski definition) is 8. The molecule has 12 rings (SSSR count). The lowest BCUT2D eigenvalue weighted by atomic mass is 9.83. The Balaban J connectivity index is 1.01. The highest BCUT2D eigenvalue weighted by molar-refractivity contribution is 6.34. The van der Waals surface area contributed by atoms with Crippen molar-refractivity contribution < 1.29 is 23.2 Å². The monoisotopic (exact) mass is 981 g/mol. The molecule has 15 nitrogen and oxygen atoms in total. The molecule has 0 radical (unpaired) electrons. The molecule has 2 bridgehead atoms. The fourth-order valence-corrected chi connectivity index (χ4v) is 12.7. The predicted octanol–water partition coefficient (Wildman–Crippen LogP) is 9.37. The molecular weight excluding hydrogens is 925 g/mol. The fourth-order valence-electron chi connectivity index (χ4n) is 12.4. The van der Waals surface area contributed by atoms with Gasteiger partial charge in [-0.2, -0.15) is 5.10 Å². The van der Waals surface area contributed by atoms with E-state index in [0.717, 1.165) is 67.1 Å². The van der Waals surface area contributed by atoms with Gasteiger partial charge in [0.05, 0.1) is 39.4 Å². The summed E-state index contributed by atoms with van der Waals surface area (Å²) >= 11 is 6.85. The molecule has 5 atom stereocenters. The number of benzene rings is 3. The Bertz CT molecular complexity index is 3440. The average Bonchev–Trinajstić information content (AvgIpc) is 4.09. The zero-order chi connectivity index (χ0) is 49.4. The van der Waals surface area contributed by atoms with Crippen LogP contribution in [0.2, 0.25) is 5.02 Å². The maximum absolute atomic E-state index is 16.1. The highest BCUT2D eigenvalue weighted by atomic mass is 35.5. The molecule has 2 amide bonds. The molecule has 7 heterocycles. The van der Waals surface area contributed by atoms with E-state index in [-0.39, 0.29) is 47.0 Å². The molecule has 4 aromatic heterocycles. The van der Waals surface area contributed by atoms with E-state index < -0.39 is 23.0 Å². The Kier molecular flexibility index (Phi) is 10.6. The Hall–Kier alpha value is -6.52. The van der Waals surface area contributed by atoms with Crippen molar-refractivity contribution in [2.75, 3.05) is 18.6 Å². The SMILES string of the molecule is Cc1cc(-n2nc3c(c2-n2ccn(-c4ccc(N(C)C(=O)C5CC5)c(Cl)c4)c2=O)[C@@H]2CCCC[C@H](C3)N2C(=O)c2cc3cc([C@H]4CCOC(C)(C)C4)ccc3n2[C@@]2(c3noc(=O)[nH]3)C[C@@H]2C)cc(C)c1F. The van der Waals surface area contributed by atoms with Crippen LogP contribution in [-0.4, -0.2) is 75.6 Å². The van der Waals surface area contributed by atoms with Crippen molar-refractivity contribution in [3.05, 3.63) is 138 Å². The quantitative estimate of drug-likeness (QED) is 0.150. The third-order valence-electron chi connectivity index (χ3n) is 16.2.